The zero-order valence-corrected chi connectivity index (χ0v) is 46.9. The molecule has 0 aromatic carbocycles. The number of ether oxygens (including phenoxy) is 9. The molecule has 5 heterocycles. The average molecular weight is 1090 g/mol. The summed E-state index contributed by atoms with van der Waals surface area (Å²) in [5.74, 6) is -3.88. The molecule has 3 N–H and O–H groups in total. The Morgan fingerprint density at radius 3 is 2.29 bits per heavy atom. The summed E-state index contributed by atoms with van der Waals surface area (Å²) in [6.45, 7) is 14.1. The van der Waals surface area contributed by atoms with E-state index in [0.717, 1.165) is 11.3 Å². The second-order valence-corrected chi connectivity index (χ2v) is 21.2. The first-order valence-corrected chi connectivity index (χ1v) is 26.9. The van der Waals surface area contributed by atoms with Gasteiger partial charge in [-0.25, -0.2) is 4.98 Å². The third-order valence-electron chi connectivity index (χ3n) is 14.6. The zero-order chi connectivity index (χ0) is 56.7. The number of aromatic nitrogens is 3. The van der Waals surface area contributed by atoms with Crippen molar-refractivity contribution in [2.45, 2.75) is 211 Å². The van der Waals surface area contributed by atoms with Crippen LogP contribution in [0.15, 0.2) is 49.2 Å². The number of aldehydes is 1. The summed E-state index contributed by atoms with van der Waals surface area (Å²) in [6, 6.07) is 2.28. The highest BCUT2D eigenvalue weighted by Gasteiger charge is 2.53. The first kappa shape index (κ1) is 63.1. The van der Waals surface area contributed by atoms with Gasteiger partial charge >= 0.3 is 23.9 Å². The molecular weight excluding hydrogens is 1000 g/mol. The molecule has 2 aromatic heterocycles. The van der Waals surface area contributed by atoms with Crippen molar-refractivity contribution in [2.24, 2.45) is 11.8 Å². The monoisotopic (exact) mass is 1090 g/mol. The smallest absolute Gasteiger partial charge is 0.309 e. The van der Waals surface area contributed by atoms with Gasteiger partial charge in [0.25, 0.3) is 0 Å². The molecule has 0 aliphatic carbocycles. The molecule has 22 heteroatoms. The Balaban J connectivity index is 1.47. The van der Waals surface area contributed by atoms with Gasteiger partial charge in [-0.15, -0.1) is 0 Å². The molecule has 3 aliphatic heterocycles. The minimum absolute atomic E-state index is 0.00207. The van der Waals surface area contributed by atoms with Crippen molar-refractivity contribution in [3.05, 3.63) is 49.2 Å². The Morgan fingerprint density at radius 2 is 1.66 bits per heavy atom. The van der Waals surface area contributed by atoms with Crippen LogP contribution in [-0.4, -0.2) is 202 Å². The van der Waals surface area contributed by atoms with Crippen LogP contribution in [0.25, 0.3) is 11.3 Å². The van der Waals surface area contributed by atoms with Crippen LogP contribution in [0.1, 0.15) is 107 Å². The molecule has 0 amide bonds. The van der Waals surface area contributed by atoms with Crippen LogP contribution in [0.2, 0.25) is 0 Å². The molecule has 2 aromatic rings. The Kier molecular flexibility index (Phi) is 24.1. The van der Waals surface area contributed by atoms with E-state index in [4.69, 9.17) is 42.6 Å². The highest BCUT2D eigenvalue weighted by molar-refractivity contribution is 5.73. The zero-order valence-electron chi connectivity index (χ0n) is 46.9. The molecule has 432 valence electrons. The molecule has 5 rings (SSSR count). The summed E-state index contributed by atoms with van der Waals surface area (Å²) in [7, 11) is 6.68. The normalized spacial score (nSPS) is 35.2. The number of rotatable bonds is 19. The molecule has 0 radical (unpaired) electrons. The summed E-state index contributed by atoms with van der Waals surface area (Å²) in [5.41, 5.74) is 0.147. The van der Waals surface area contributed by atoms with Crippen molar-refractivity contribution in [1.29, 1.82) is 0 Å². The van der Waals surface area contributed by atoms with E-state index in [2.05, 4.69) is 9.97 Å². The number of esters is 4. The highest BCUT2D eigenvalue weighted by atomic mass is 16.7. The van der Waals surface area contributed by atoms with Gasteiger partial charge in [0.05, 0.1) is 54.9 Å². The fraction of sp³-hybridized carbons (Fsp3) is 0.727. The molecular formula is C55H85N5O17. The number of imidazole rings is 1. The van der Waals surface area contributed by atoms with Gasteiger partial charge in [-0.2, -0.15) is 0 Å². The first-order valence-electron chi connectivity index (χ1n) is 26.9. The van der Waals surface area contributed by atoms with Crippen LogP contribution in [0.5, 0.6) is 0 Å². The quantitative estimate of drug-likeness (QED) is 0.0782. The topological polar surface area (TPSA) is 266 Å². The largest absolute Gasteiger partial charge is 0.462 e. The molecule has 18 atom stereocenters. The highest BCUT2D eigenvalue weighted by Crippen LogP contribution is 2.38. The summed E-state index contributed by atoms with van der Waals surface area (Å²) in [6.07, 6.45) is -2.71. The number of likely N-dealkylation sites (N-methyl/N-ethyl adjacent to an activating group) is 2. The summed E-state index contributed by atoms with van der Waals surface area (Å²) in [5, 5.41) is 35.8. The van der Waals surface area contributed by atoms with Gasteiger partial charge in [0.2, 0.25) is 0 Å². The van der Waals surface area contributed by atoms with E-state index in [0.29, 0.717) is 25.8 Å². The average Bonchev–Trinajstić information content (AvgIpc) is 3.85. The van der Waals surface area contributed by atoms with Gasteiger partial charge in [-0.05, 0) is 91.7 Å². The van der Waals surface area contributed by atoms with Crippen molar-refractivity contribution >= 4 is 30.2 Å². The van der Waals surface area contributed by atoms with Crippen LogP contribution in [-0.2, 0) is 73.1 Å². The van der Waals surface area contributed by atoms with Gasteiger partial charge in [0.15, 0.2) is 18.7 Å². The number of methoxy groups -OCH3 is 1. The van der Waals surface area contributed by atoms with E-state index in [-0.39, 0.29) is 38.5 Å². The van der Waals surface area contributed by atoms with E-state index in [1.54, 1.807) is 91.4 Å². The van der Waals surface area contributed by atoms with E-state index in [1.807, 2.05) is 41.8 Å². The first-order chi connectivity index (χ1) is 36.5. The Bertz CT molecular complexity index is 2210. The molecule has 3 aliphatic rings. The predicted octanol–water partition coefficient (Wildman–Crippen LogP) is 3.79. The van der Waals surface area contributed by atoms with Crippen LogP contribution >= 0.6 is 0 Å². The maximum absolute atomic E-state index is 14.0. The summed E-state index contributed by atoms with van der Waals surface area (Å²) >= 11 is 0. The van der Waals surface area contributed by atoms with Crippen LogP contribution in [0, 0.1) is 11.8 Å². The van der Waals surface area contributed by atoms with Crippen LogP contribution in [0.4, 0.5) is 0 Å². The van der Waals surface area contributed by atoms with E-state index in [1.165, 1.54) is 14.0 Å². The Morgan fingerprint density at radius 1 is 0.948 bits per heavy atom. The van der Waals surface area contributed by atoms with Crippen molar-refractivity contribution < 1.29 is 81.9 Å². The molecule has 0 unspecified atom stereocenters. The number of carbonyl (C=O) groups excluding carboxylic acids is 5. The lowest BCUT2D eigenvalue weighted by Crippen LogP contribution is -2.66. The standard InChI is InChI=1S/C55H85N5O17/c1-13-44(64)74-43-27-46(66)70-33(4)26-41(63)40(59(11)22-16-23-60-30-39(57-31-60)38-17-15-21-56-29-38)18-19-42(73-36(7)62)32(3)25-37(20-24-61)51(52(43)69-12)77-54-49(67)48(58(9)10)50(34(5)72-54)76-47-28-55(8,68)53(35(6)71-47)75-45(65)14-2/h15,17-19,21,24,29-35,37,40-43,47-54,63,67-68H,13-14,16,20,22-23,25-28H2,1-12H3/b19-18+/t32-,33-,34-,35+,37+,40-,41+,42+,43-,47+,48-,49-,50-,51+,52+,53+,54+,55-/m1/s1. The number of nitrogens with zero attached hydrogens (tertiary/aromatic N) is 5. The molecule has 22 nitrogen and oxygen atoms in total. The van der Waals surface area contributed by atoms with Crippen LogP contribution in [0.3, 0.4) is 0 Å². The number of carbonyl (C=O) groups is 5. The van der Waals surface area contributed by atoms with E-state index >= 15 is 0 Å². The molecule has 0 bridgehead atoms. The molecule has 77 heavy (non-hydrogen) atoms. The third-order valence-corrected chi connectivity index (χ3v) is 14.6. The minimum Gasteiger partial charge on any atom is -0.462 e. The lowest BCUT2D eigenvalue weighted by molar-refractivity contribution is -0.344. The van der Waals surface area contributed by atoms with E-state index < -0.39 is 140 Å². The van der Waals surface area contributed by atoms with Crippen molar-refractivity contribution in [1.82, 2.24) is 24.3 Å². The number of hydrogen-bond acceptors (Lipinski definition) is 21. The van der Waals surface area contributed by atoms with Gasteiger partial charge in [-0.3, -0.25) is 29.1 Å². The molecule has 0 spiro atoms. The molecule has 2 fully saturated rings. The number of aliphatic hydroxyl groups is 3. The van der Waals surface area contributed by atoms with Gasteiger partial charge < -0.3 is 72.2 Å². The lowest BCUT2D eigenvalue weighted by atomic mass is 9.82. The second-order valence-electron chi connectivity index (χ2n) is 21.2. The third kappa shape index (κ3) is 17.6. The number of cyclic esters (lactones) is 1. The van der Waals surface area contributed by atoms with Crippen molar-refractivity contribution in [3.8, 4) is 11.3 Å². The van der Waals surface area contributed by atoms with Crippen molar-refractivity contribution in [2.75, 3.05) is 34.8 Å². The van der Waals surface area contributed by atoms with Gasteiger partial charge in [0.1, 0.15) is 48.5 Å². The molecule has 0 saturated carbocycles. The summed E-state index contributed by atoms with van der Waals surface area (Å²) < 4.78 is 57.5. The second kappa shape index (κ2) is 29.5. The van der Waals surface area contributed by atoms with Crippen molar-refractivity contribution in [3.63, 3.8) is 0 Å². The Hall–Kier alpha value is -4.75. The van der Waals surface area contributed by atoms with Gasteiger partial charge in [0, 0.05) is 83.4 Å². The minimum atomic E-state index is -1.53. The van der Waals surface area contributed by atoms with Crippen LogP contribution < -0.4 is 0 Å². The number of hydrogen-bond donors (Lipinski definition) is 3. The number of pyridine rings is 1. The molecule has 2 saturated heterocycles. The SMILES string of the molecule is CCC(=O)O[C@@H]1CC(=O)O[C@H](C)C[C@H](O)[C@H](N(C)CCCn2cnc(-c3cccnc3)c2)/C=C/[C@H](OC(C)=O)[C@H](C)C[C@H](CC=O)[C@H](O[C@@H]2O[C@H](C)[C@@H](O[C@H]3C[C@@](C)(O)[C@@H](OC(=O)CC)[C@H](C)O3)[C@H](N(C)C)[C@H]2O)[C@H]1OC. The fourth-order valence-corrected chi connectivity index (χ4v) is 10.7. The maximum atomic E-state index is 14.0. The maximum Gasteiger partial charge on any atom is 0.309 e. The number of aliphatic hydroxyl groups excluding tert-OH is 2. The van der Waals surface area contributed by atoms with Gasteiger partial charge in [-0.1, -0.05) is 26.8 Å². The number of aryl methyl sites for hydroxylation is 1. The van der Waals surface area contributed by atoms with E-state index in [9.17, 15) is 39.3 Å². The lowest BCUT2D eigenvalue weighted by Gasteiger charge is -2.50. The Labute approximate surface area is 453 Å². The fourth-order valence-electron chi connectivity index (χ4n) is 10.7. The summed E-state index contributed by atoms with van der Waals surface area (Å²) in [4.78, 5) is 77.6. The predicted molar refractivity (Wildman–Crippen MR) is 278 cm³/mol.